The second-order valence-electron chi connectivity index (χ2n) is 6.98. The number of nitrogens with one attached hydrogen (secondary N) is 1. The largest absolute Gasteiger partial charge is 0.416 e. The van der Waals surface area contributed by atoms with Gasteiger partial charge in [-0.1, -0.05) is 30.3 Å². The first-order valence-corrected chi connectivity index (χ1v) is 9.48. The minimum Gasteiger partial charge on any atom is -0.396 e. The third-order valence-electron chi connectivity index (χ3n) is 4.78. The van der Waals surface area contributed by atoms with Gasteiger partial charge in [0.05, 0.1) is 5.56 Å². The number of para-hydroxylation sites is 1. The Morgan fingerprint density at radius 3 is 2.37 bits per heavy atom. The van der Waals surface area contributed by atoms with Gasteiger partial charge in [0.25, 0.3) is 0 Å². The number of halogens is 3. The minimum atomic E-state index is -4.35. The van der Waals surface area contributed by atoms with Crippen molar-refractivity contribution in [1.82, 2.24) is 9.97 Å². The number of hydrogen-bond acceptors (Lipinski definition) is 5. The summed E-state index contributed by atoms with van der Waals surface area (Å²) in [6, 6.07) is 16.6. The van der Waals surface area contributed by atoms with E-state index >= 15 is 0 Å². The molecule has 1 heterocycles. The molecule has 2 N–H and O–H groups in total. The maximum atomic E-state index is 12.7. The molecule has 158 valence electrons. The van der Waals surface area contributed by atoms with Gasteiger partial charge in [-0.3, -0.25) is 0 Å². The molecule has 3 rings (SSSR count). The van der Waals surface area contributed by atoms with Crippen molar-refractivity contribution in [3.8, 4) is 0 Å². The summed E-state index contributed by atoms with van der Waals surface area (Å²) in [5, 5.41) is 12.9. The van der Waals surface area contributed by atoms with Gasteiger partial charge in [-0.2, -0.15) is 13.2 Å². The molecule has 0 aliphatic carbocycles. The van der Waals surface area contributed by atoms with Crippen LogP contribution in [0.4, 0.5) is 30.5 Å². The Labute approximate surface area is 173 Å². The molecule has 30 heavy (non-hydrogen) atoms. The summed E-state index contributed by atoms with van der Waals surface area (Å²) < 4.78 is 38.1. The fraction of sp³-hybridized carbons (Fsp3) is 0.273. The van der Waals surface area contributed by atoms with Gasteiger partial charge in [-0.25, -0.2) is 9.97 Å². The van der Waals surface area contributed by atoms with Crippen molar-refractivity contribution in [2.75, 3.05) is 30.4 Å². The van der Waals surface area contributed by atoms with Crippen LogP contribution in [0.15, 0.2) is 67.0 Å². The SMILES string of the molecule is CN(c1ccccc1)c1cc(NCC(CO)Cc2ccc(C(F)(F)F)cc2)ncn1. The summed E-state index contributed by atoms with van der Waals surface area (Å²) in [6.45, 7) is 0.318. The molecule has 1 atom stereocenters. The molecule has 0 aliphatic rings. The average Bonchev–Trinajstić information content (AvgIpc) is 2.76. The van der Waals surface area contributed by atoms with Crippen LogP contribution >= 0.6 is 0 Å². The third kappa shape index (κ3) is 5.70. The lowest BCUT2D eigenvalue weighted by Gasteiger charge is -2.19. The van der Waals surface area contributed by atoms with Crippen molar-refractivity contribution in [2.24, 2.45) is 5.92 Å². The summed E-state index contributed by atoms with van der Waals surface area (Å²) in [5.74, 6) is 1.14. The smallest absolute Gasteiger partial charge is 0.396 e. The Balaban J connectivity index is 1.61. The maximum Gasteiger partial charge on any atom is 0.416 e. The molecule has 0 bridgehead atoms. The molecule has 1 aromatic heterocycles. The van der Waals surface area contributed by atoms with Gasteiger partial charge in [0.15, 0.2) is 0 Å². The molecule has 8 heteroatoms. The molecular formula is C22H23F3N4O. The van der Waals surface area contributed by atoms with Gasteiger partial charge in [0, 0.05) is 37.9 Å². The quantitative estimate of drug-likeness (QED) is 0.565. The van der Waals surface area contributed by atoms with E-state index in [0.29, 0.717) is 24.6 Å². The lowest BCUT2D eigenvalue weighted by Crippen LogP contribution is -2.21. The van der Waals surface area contributed by atoms with Crippen molar-refractivity contribution in [3.05, 3.63) is 78.1 Å². The average molecular weight is 416 g/mol. The van der Waals surface area contributed by atoms with Gasteiger partial charge in [0.1, 0.15) is 18.0 Å². The molecule has 0 saturated carbocycles. The second kappa shape index (κ2) is 9.58. The van der Waals surface area contributed by atoms with Crippen LogP contribution in [0.2, 0.25) is 0 Å². The molecular weight excluding hydrogens is 393 g/mol. The number of aliphatic hydroxyl groups is 1. The van der Waals surface area contributed by atoms with E-state index in [1.54, 1.807) is 6.07 Å². The minimum absolute atomic E-state index is 0.101. The highest BCUT2D eigenvalue weighted by molar-refractivity contribution is 5.61. The van der Waals surface area contributed by atoms with Crippen LogP contribution in [0.5, 0.6) is 0 Å². The Hall–Kier alpha value is -3.13. The highest BCUT2D eigenvalue weighted by Crippen LogP contribution is 2.29. The van der Waals surface area contributed by atoms with E-state index in [2.05, 4.69) is 15.3 Å². The van der Waals surface area contributed by atoms with E-state index in [1.807, 2.05) is 42.3 Å². The Kier molecular flexibility index (Phi) is 6.89. The second-order valence-corrected chi connectivity index (χ2v) is 6.98. The van der Waals surface area contributed by atoms with E-state index in [0.717, 1.165) is 23.4 Å². The highest BCUT2D eigenvalue weighted by atomic mass is 19.4. The van der Waals surface area contributed by atoms with Crippen LogP contribution in [0.3, 0.4) is 0 Å². The normalized spacial score (nSPS) is 12.4. The summed E-state index contributed by atoms with van der Waals surface area (Å²) in [6.07, 6.45) is -2.45. The van der Waals surface area contributed by atoms with Gasteiger partial charge in [0.2, 0.25) is 0 Å². The van der Waals surface area contributed by atoms with Crippen LogP contribution in [0.25, 0.3) is 0 Å². The Morgan fingerprint density at radius 1 is 1.03 bits per heavy atom. The number of aromatic nitrogens is 2. The van der Waals surface area contributed by atoms with Crippen molar-refractivity contribution in [3.63, 3.8) is 0 Å². The van der Waals surface area contributed by atoms with Crippen molar-refractivity contribution in [2.45, 2.75) is 12.6 Å². The van der Waals surface area contributed by atoms with E-state index < -0.39 is 11.7 Å². The zero-order valence-corrected chi connectivity index (χ0v) is 16.5. The van der Waals surface area contributed by atoms with Gasteiger partial charge in [-0.05, 0) is 36.2 Å². The number of alkyl halides is 3. The summed E-state index contributed by atoms with van der Waals surface area (Å²) in [4.78, 5) is 10.4. The van der Waals surface area contributed by atoms with Crippen LogP contribution in [-0.2, 0) is 12.6 Å². The predicted octanol–water partition coefficient (Wildman–Crippen LogP) is 4.53. The molecule has 0 amide bonds. The van der Waals surface area contributed by atoms with E-state index in [1.165, 1.54) is 18.5 Å². The highest BCUT2D eigenvalue weighted by Gasteiger charge is 2.30. The Morgan fingerprint density at radius 2 is 1.73 bits per heavy atom. The maximum absolute atomic E-state index is 12.7. The third-order valence-corrected chi connectivity index (χ3v) is 4.78. The zero-order valence-electron chi connectivity index (χ0n) is 16.5. The topological polar surface area (TPSA) is 61.3 Å². The van der Waals surface area contributed by atoms with Crippen LogP contribution in [0, 0.1) is 5.92 Å². The molecule has 2 aromatic carbocycles. The number of anilines is 3. The summed E-state index contributed by atoms with van der Waals surface area (Å²) in [7, 11) is 1.91. The monoisotopic (exact) mass is 416 g/mol. The van der Waals surface area contributed by atoms with Gasteiger partial charge >= 0.3 is 6.18 Å². The van der Waals surface area contributed by atoms with Gasteiger partial charge < -0.3 is 15.3 Å². The first kappa shape index (κ1) is 21.6. The molecule has 0 fully saturated rings. The first-order chi connectivity index (χ1) is 14.4. The number of nitrogens with zero attached hydrogens (tertiary/aromatic N) is 3. The van der Waals surface area contributed by atoms with Crippen molar-refractivity contribution < 1.29 is 18.3 Å². The molecule has 0 radical (unpaired) electrons. The van der Waals surface area contributed by atoms with E-state index in [4.69, 9.17) is 0 Å². The van der Waals surface area contributed by atoms with E-state index in [9.17, 15) is 18.3 Å². The van der Waals surface area contributed by atoms with E-state index in [-0.39, 0.29) is 12.5 Å². The first-order valence-electron chi connectivity index (χ1n) is 9.48. The van der Waals surface area contributed by atoms with Crippen LogP contribution in [-0.4, -0.2) is 35.3 Å². The van der Waals surface area contributed by atoms with Crippen LogP contribution < -0.4 is 10.2 Å². The Bertz CT molecular complexity index is 933. The lowest BCUT2D eigenvalue weighted by atomic mass is 9.99. The standard InChI is InChI=1S/C22H23F3N4O/c1-29(19-5-3-2-4-6-19)21-12-20(27-15-28-21)26-13-17(14-30)11-16-7-9-18(10-8-16)22(23,24)25/h2-10,12,15,17,30H,11,13-14H2,1H3,(H,26,27,28). The molecule has 1 unspecified atom stereocenters. The molecule has 0 aliphatic heterocycles. The fourth-order valence-electron chi connectivity index (χ4n) is 3.02. The number of aliphatic hydroxyl groups excluding tert-OH is 1. The van der Waals surface area contributed by atoms with Gasteiger partial charge in [-0.15, -0.1) is 0 Å². The van der Waals surface area contributed by atoms with Crippen molar-refractivity contribution in [1.29, 1.82) is 0 Å². The number of rotatable bonds is 8. The summed E-state index contributed by atoms with van der Waals surface area (Å²) >= 11 is 0. The molecule has 5 nitrogen and oxygen atoms in total. The molecule has 3 aromatic rings. The number of hydrogen-bond donors (Lipinski definition) is 2. The fourth-order valence-corrected chi connectivity index (χ4v) is 3.02. The molecule has 0 saturated heterocycles. The van der Waals surface area contributed by atoms with Crippen molar-refractivity contribution >= 4 is 17.3 Å². The molecule has 0 spiro atoms. The lowest BCUT2D eigenvalue weighted by molar-refractivity contribution is -0.137. The zero-order chi connectivity index (χ0) is 21.6. The van der Waals surface area contributed by atoms with Crippen LogP contribution in [0.1, 0.15) is 11.1 Å². The summed E-state index contributed by atoms with van der Waals surface area (Å²) in [5.41, 5.74) is 1.04. The number of benzene rings is 2. The predicted molar refractivity (Wildman–Crippen MR) is 111 cm³/mol.